The van der Waals surface area contributed by atoms with Gasteiger partial charge in [0, 0.05) is 16.7 Å². The molecule has 10 heteroatoms. The van der Waals surface area contributed by atoms with Crippen LogP contribution in [-0.2, 0) is 11.3 Å². The number of carboxylic acids is 1. The van der Waals surface area contributed by atoms with Gasteiger partial charge < -0.3 is 9.52 Å². The van der Waals surface area contributed by atoms with Crippen LogP contribution >= 0.6 is 35.0 Å². The normalized spacial score (nSPS) is 15.1. The summed E-state index contributed by atoms with van der Waals surface area (Å²) in [5.41, 5.74) is 0.967. The highest BCUT2D eigenvalue weighted by atomic mass is 35.5. The summed E-state index contributed by atoms with van der Waals surface area (Å²) in [6.07, 6.45) is 1.44. The van der Waals surface area contributed by atoms with Crippen molar-refractivity contribution in [3.05, 3.63) is 86.2 Å². The molecule has 4 rings (SSSR count). The Balaban J connectivity index is 1.54. The van der Waals surface area contributed by atoms with E-state index in [0.717, 1.165) is 22.7 Å². The molecule has 0 bridgehead atoms. The van der Waals surface area contributed by atoms with Crippen molar-refractivity contribution < 1.29 is 28.3 Å². The molecule has 0 radical (unpaired) electrons. The van der Waals surface area contributed by atoms with Crippen molar-refractivity contribution in [2.24, 2.45) is 0 Å². The largest absolute Gasteiger partial charge is 0.478 e. The number of rotatable bonds is 5. The van der Waals surface area contributed by atoms with Crippen LogP contribution in [0.15, 0.2) is 57.9 Å². The van der Waals surface area contributed by atoms with Gasteiger partial charge in [-0.1, -0.05) is 35.3 Å². The van der Waals surface area contributed by atoms with Crippen LogP contribution in [0.1, 0.15) is 21.7 Å². The molecule has 3 aromatic rings. The van der Waals surface area contributed by atoms with E-state index in [4.69, 9.17) is 32.7 Å². The van der Waals surface area contributed by atoms with Crippen LogP contribution < -0.4 is 0 Å². The second-order valence-electron chi connectivity index (χ2n) is 6.71. The van der Waals surface area contributed by atoms with Gasteiger partial charge in [-0.05, 0) is 53.7 Å². The van der Waals surface area contributed by atoms with Gasteiger partial charge in [-0.3, -0.25) is 14.5 Å². The number of hydrogen-bond acceptors (Lipinski definition) is 5. The molecule has 2 heterocycles. The summed E-state index contributed by atoms with van der Waals surface area (Å²) in [5, 5.41) is 8.78. The molecular weight excluding hydrogens is 480 g/mol. The predicted octanol–water partition coefficient (Wildman–Crippen LogP) is 6.33. The molecule has 162 valence electrons. The number of furan rings is 1. The molecule has 32 heavy (non-hydrogen) atoms. The lowest BCUT2D eigenvalue weighted by Crippen LogP contribution is -2.27. The summed E-state index contributed by atoms with van der Waals surface area (Å²) in [6.45, 7) is -0.0844. The summed E-state index contributed by atoms with van der Waals surface area (Å²) in [5.74, 6) is -1.44. The number of halogens is 3. The molecule has 1 aliphatic rings. The highest BCUT2D eigenvalue weighted by Crippen LogP contribution is 2.35. The van der Waals surface area contributed by atoms with Crippen molar-refractivity contribution in [1.82, 2.24) is 4.90 Å². The monoisotopic (exact) mass is 491 g/mol. The zero-order chi connectivity index (χ0) is 23.0. The van der Waals surface area contributed by atoms with Gasteiger partial charge in [-0.15, -0.1) is 0 Å². The number of imide groups is 1. The van der Waals surface area contributed by atoms with Gasteiger partial charge in [-0.25, -0.2) is 9.18 Å². The fourth-order valence-electron chi connectivity index (χ4n) is 3.01. The highest BCUT2D eigenvalue weighted by Gasteiger charge is 2.35. The molecule has 0 atom stereocenters. The van der Waals surface area contributed by atoms with Crippen LogP contribution in [0.3, 0.4) is 0 Å². The molecule has 0 aliphatic carbocycles. The van der Waals surface area contributed by atoms with Gasteiger partial charge in [-0.2, -0.15) is 0 Å². The smallest absolute Gasteiger partial charge is 0.337 e. The third-order valence-corrected chi connectivity index (χ3v) is 6.17. The maximum Gasteiger partial charge on any atom is 0.337 e. The fourth-order valence-corrected chi connectivity index (χ4v) is 4.32. The van der Waals surface area contributed by atoms with E-state index in [-0.39, 0.29) is 27.1 Å². The maximum absolute atomic E-state index is 13.2. The molecule has 2 amide bonds. The Kier molecular flexibility index (Phi) is 6.10. The number of aromatic carboxylic acids is 1. The van der Waals surface area contributed by atoms with Gasteiger partial charge in [0.2, 0.25) is 0 Å². The highest BCUT2D eigenvalue weighted by molar-refractivity contribution is 8.18. The lowest BCUT2D eigenvalue weighted by molar-refractivity contribution is -0.123. The summed E-state index contributed by atoms with van der Waals surface area (Å²) in [7, 11) is 0. The van der Waals surface area contributed by atoms with Gasteiger partial charge in [0.25, 0.3) is 11.1 Å². The maximum atomic E-state index is 13.2. The average Bonchev–Trinajstić information content (AvgIpc) is 3.30. The lowest BCUT2D eigenvalue weighted by Gasteiger charge is -2.13. The Labute approximate surface area is 195 Å². The van der Waals surface area contributed by atoms with Crippen LogP contribution in [0.4, 0.5) is 9.18 Å². The number of carboxylic acid groups (broad SMARTS) is 1. The minimum atomic E-state index is -1.14. The molecule has 1 saturated heterocycles. The Morgan fingerprint density at radius 2 is 1.88 bits per heavy atom. The summed E-state index contributed by atoms with van der Waals surface area (Å²) >= 11 is 12.8. The molecular formula is C22H12Cl2FNO5S. The van der Waals surface area contributed by atoms with E-state index < -0.39 is 22.9 Å². The van der Waals surface area contributed by atoms with Crippen molar-refractivity contribution in [3.63, 3.8) is 0 Å². The molecule has 1 fully saturated rings. The van der Waals surface area contributed by atoms with E-state index in [1.165, 1.54) is 30.3 Å². The standard InChI is InChI=1S/C22H12Cl2FNO5S/c23-16-8-13(25)3-1-12(16)10-26-20(27)19(32-22(26)30)9-14-4-6-18(31-14)11-2-5-15(21(28)29)17(24)7-11/h1-9H,10H2,(H,28,29)/b19-9-. The van der Waals surface area contributed by atoms with E-state index in [2.05, 4.69) is 0 Å². The minimum absolute atomic E-state index is 0.0304. The van der Waals surface area contributed by atoms with Crippen LogP contribution in [-0.4, -0.2) is 27.1 Å². The molecule has 0 unspecified atom stereocenters. The van der Waals surface area contributed by atoms with E-state index >= 15 is 0 Å². The number of carbonyl (C=O) groups is 3. The number of thioether (sulfide) groups is 1. The van der Waals surface area contributed by atoms with E-state index in [1.807, 2.05) is 0 Å². The van der Waals surface area contributed by atoms with Crippen molar-refractivity contribution in [3.8, 4) is 11.3 Å². The Morgan fingerprint density at radius 3 is 2.56 bits per heavy atom. The fraction of sp³-hybridized carbons (Fsp3) is 0.0455. The molecule has 1 aromatic heterocycles. The number of carbonyl (C=O) groups excluding carboxylic acids is 2. The van der Waals surface area contributed by atoms with Crippen LogP contribution in [0.25, 0.3) is 17.4 Å². The zero-order valence-corrected chi connectivity index (χ0v) is 18.3. The summed E-state index contributed by atoms with van der Waals surface area (Å²) in [4.78, 5) is 37.3. The van der Waals surface area contributed by atoms with Crippen LogP contribution in [0, 0.1) is 5.82 Å². The molecule has 0 spiro atoms. The quantitative estimate of drug-likeness (QED) is 0.419. The zero-order valence-electron chi connectivity index (χ0n) is 16.0. The average molecular weight is 492 g/mol. The number of hydrogen-bond donors (Lipinski definition) is 1. The van der Waals surface area contributed by atoms with Crippen molar-refractivity contribution in [2.45, 2.75) is 6.54 Å². The second kappa shape index (κ2) is 8.82. The van der Waals surface area contributed by atoms with Crippen molar-refractivity contribution >= 4 is 58.2 Å². The topological polar surface area (TPSA) is 87.8 Å². The van der Waals surface area contributed by atoms with Gasteiger partial charge in [0.1, 0.15) is 17.3 Å². The Bertz CT molecular complexity index is 1300. The van der Waals surface area contributed by atoms with Crippen LogP contribution in [0.2, 0.25) is 10.0 Å². The molecule has 0 saturated carbocycles. The molecule has 2 aromatic carbocycles. The van der Waals surface area contributed by atoms with Gasteiger partial charge >= 0.3 is 5.97 Å². The predicted molar refractivity (Wildman–Crippen MR) is 119 cm³/mol. The molecule has 1 aliphatic heterocycles. The third-order valence-electron chi connectivity index (χ3n) is 4.60. The van der Waals surface area contributed by atoms with E-state index in [9.17, 15) is 18.8 Å². The number of amides is 2. The first-order valence-corrected chi connectivity index (χ1v) is 10.6. The van der Waals surface area contributed by atoms with Gasteiger partial charge in [0.05, 0.1) is 22.0 Å². The van der Waals surface area contributed by atoms with E-state index in [0.29, 0.717) is 22.6 Å². The third kappa shape index (κ3) is 4.43. The lowest BCUT2D eigenvalue weighted by atomic mass is 10.1. The Morgan fingerprint density at radius 1 is 1.09 bits per heavy atom. The summed E-state index contributed by atoms with van der Waals surface area (Å²) in [6, 6.07) is 11.4. The van der Waals surface area contributed by atoms with Crippen molar-refractivity contribution in [1.29, 1.82) is 0 Å². The first-order valence-electron chi connectivity index (χ1n) is 9.05. The number of nitrogens with zero attached hydrogens (tertiary/aromatic N) is 1. The molecule has 1 N–H and O–H groups in total. The van der Waals surface area contributed by atoms with Crippen molar-refractivity contribution in [2.75, 3.05) is 0 Å². The summed E-state index contributed by atoms with van der Waals surface area (Å²) < 4.78 is 18.9. The Hall–Kier alpha value is -3.07. The van der Waals surface area contributed by atoms with E-state index in [1.54, 1.807) is 18.2 Å². The first kappa shape index (κ1) is 22.1. The second-order valence-corrected chi connectivity index (χ2v) is 8.51. The first-order chi connectivity index (χ1) is 15.2. The number of benzene rings is 2. The van der Waals surface area contributed by atoms with Crippen LogP contribution in [0.5, 0.6) is 0 Å². The minimum Gasteiger partial charge on any atom is -0.478 e. The SMILES string of the molecule is O=C(O)c1ccc(-c2ccc(/C=C3\SC(=O)N(Cc4ccc(F)cc4Cl)C3=O)o2)cc1Cl. The molecule has 6 nitrogen and oxygen atoms in total. The van der Waals surface area contributed by atoms with Gasteiger partial charge in [0.15, 0.2) is 0 Å².